The second-order valence-corrected chi connectivity index (χ2v) is 8.02. The van der Waals surface area contributed by atoms with Crippen LogP contribution < -0.4 is 36.0 Å². The molecule has 4 N–H and O–H groups in total. The van der Waals surface area contributed by atoms with Gasteiger partial charge in [0.2, 0.25) is 6.79 Å². The summed E-state index contributed by atoms with van der Waals surface area (Å²) in [4.78, 5) is 13.8. The van der Waals surface area contributed by atoms with Gasteiger partial charge in [-0.2, -0.15) is 0 Å². The number of nitrogens with zero attached hydrogens (tertiary/aromatic N) is 1. The monoisotopic (exact) mass is 485 g/mol. The van der Waals surface area contributed by atoms with Crippen molar-refractivity contribution in [2.24, 2.45) is 11.5 Å². The van der Waals surface area contributed by atoms with Crippen LogP contribution in [0, 0.1) is 0 Å². The summed E-state index contributed by atoms with van der Waals surface area (Å²) < 4.78 is 24.2. The van der Waals surface area contributed by atoms with E-state index in [4.69, 9.17) is 30.4 Å². The van der Waals surface area contributed by atoms with Gasteiger partial charge in [-0.05, 0) is 61.3 Å². The highest BCUT2D eigenvalue weighted by atomic mass is 35.5. The SMILES string of the molecule is COc1cc2c3c(n(CCCN)c(=O)c2cc1OC)-c1cc2c(cc1/C3=C\CCN)OCO2.Cl. The highest BCUT2D eigenvalue weighted by Gasteiger charge is 2.33. The fourth-order valence-corrected chi connectivity index (χ4v) is 4.72. The second-order valence-electron chi connectivity index (χ2n) is 8.02. The molecule has 8 nitrogen and oxygen atoms in total. The molecule has 0 saturated heterocycles. The van der Waals surface area contributed by atoms with Crippen molar-refractivity contribution in [3.63, 3.8) is 0 Å². The maximum absolute atomic E-state index is 13.8. The minimum atomic E-state index is -0.0955. The molecule has 1 aromatic heterocycles. The van der Waals surface area contributed by atoms with Crippen LogP contribution in [0.4, 0.5) is 0 Å². The Morgan fingerprint density at radius 3 is 2.24 bits per heavy atom. The molecule has 5 rings (SSSR count). The first-order chi connectivity index (χ1) is 16.1. The molecule has 0 spiro atoms. The molecule has 2 aromatic carbocycles. The summed E-state index contributed by atoms with van der Waals surface area (Å²) in [5.74, 6) is 2.44. The van der Waals surface area contributed by atoms with Crippen LogP contribution in [0.3, 0.4) is 0 Å². The third-order valence-electron chi connectivity index (χ3n) is 6.20. The second kappa shape index (κ2) is 9.58. The fraction of sp³-hybridized carbons (Fsp3) is 0.320. The zero-order valence-corrected chi connectivity index (χ0v) is 20.0. The Balaban J connectivity index is 0.00000274. The Hall–Kier alpha value is -3.20. The van der Waals surface area contributed by atoms with Crippen molar-refractivity contribution in [1.82, 2.24) is 4.57 Å². The first-order valence-electron chi connectivity index (χ1n) is 11.0. The summed E-state index contributed by atoms with van der Waals surface area (Å²) in [6.45, 7) is 1.68. The number of ether oxygens (including phenoxy) is 4. The quantitative estimate of drug-likeness (QED) is 0.413. The van der Waals surface area contributed by atoms with Crippen LogP contribution in [-0.2, 0) is 6.54 Å². The summed E-state index contributed by atoms with van der Waals surface area (Å²) in [6.07, 6.45) is 3.49. The Morgan fingerprint density at radius 2 is 1.62 bits per heavy atom. The van der Waals surface area contributed by atoms with E-state index in [1.54, 1.807) is 20.3 Å². The molecule has 0 saturated carbocycles. The molecule has 34 heavy (non-hydrogen) atoms. The van der Waals surface area contributed by atoms with Gasteiger partial charge in [0.05, 0.1) is 25.3 Å². The van der Waals surface area contributed by atoms with Gasteiger partial charge in [0, 0.05) is 23.1 Å². The number of halogens is 1. The molecule has 2 aliphatic rings. The van der Waals surface area contributed by atoms with Crippen molar-refractivity contribution in [2.75, 3.05) is 34.1 Å². The molecular weight excluding hydrogens is 458 g/mol. The first-order valence-corrected chi connectivity index (χ1v) is 11.0. The number of hydrogen-bond acceptors (Lipinski definition) is 7. The Labute approximate surface area is 203 Å². The van der Waals surface area contributed by atoms with Gasteiger partial charge in [-0.3, -0.25) is 4.79 Å². The van der Waals surface area contributed by atoms with E-state index < -0.39 is 0 Å². The van der Waals surface area contributed by atoms with E-state index in [-0.39, 0.29) is 24.8 Å². The molecule has 0 amide bonds. The lowest BCUT2D eigenvalue weighted by Crippen LogP contribution is -2.24. The predicted molar refractivity (Wildman–Crippen MR) is 135 cm³/mol. The number of pyridine rings is 1. The Morgan fingerprint density at radius 1 is 0.971 bits per heavy atom. The highest BCUT2D eigenvalue weighted by Crippen LogP contribution is 2.51. The normalized spacial score (nSPS) is 14.2. The van der Waals surface area contributed by atoms with E-state index >= 15 is 0 Å². The van der Waals surface area contributed by atoms with Gasteiger partial charge in [0.15, 0.2) is 23.0 Å². The largest absolute Gasteiger partial charge is 0.493 e. The van der Waals surface area contributed by atoms with Gasteiger partial charge in [-0.25, -0.2) is 0 Å². The van der Waals surface area contributed by atoms with Crippen molar-refractivity contribution >= 4 is 28.8 Å². The van der Waals surface area contributed by atoms with Gasteiger partial charge in [0.25, 0.3) is 5.56 Å². The molecule has 0 unspecified atom stereocenters. The molecule has 0 atom stereocenters. The van der Waals surface area contributed by atoms with Crippen LogP contribution in [0.15, 0.2) is 35.1 Å². The number of fused-ring (bicyclic) bond motifs is 6. The van der Waals surface area contributed by atoms with E-state index in [0.29, 0.717) is 60.9 Å². The van der Waals surface area contributed by atoms with Gasteiger partial charge in [-0.15, -0.1) is 12.4 Å². The maximum atomic E-state index is 13.8. The highest BCUT2D eigenvalue weighted by molar-refractivity contribution is 6.10. The van der Waals surface area contributed by atoms with Crippen molar-refractivity contribution in [3.05, 3.63) is 51.8 Å². The standard InChI is InChI=1S/C25H27N3O5.ClH/c1-30-19-10-16-18(12-20(19)31-2)25(29)28(8-4-7-27)24-17-11-22-21(32-13-33-22)9-15(17)14(23(16)24)5-3-6-26;/h5,9-12H,3-4,6-8,13,26-27H2,1-2H3;1H/b14-5+;. The molecular formula is C25H28ClN3O5. The average Bonchev–Trinajstić information content (AvgIpc) is 3.42. The van der Waals surface area contributed by atoms with Crippen LogP contribution in [0.5, 0.6) is 23.0 Å². The summed E-state index contributed by atoms with van der Waals surface area (Å²) in [7, 11) is 3.15. The summed E-state index contributed by atoms with van der Waals surface area (Å²) in [6, 6.07) is 7.59. The van der Waals surface area contributed by atoms with Crippen LogP contribution in [0.2, 0.25) is 0 Å². The molecule has 2 heterocycles. The van der Waals surface area contributed by atoms with Gasteiger partial charge in [0.1, 0.15) is 0 Å². The maximum Gasteiger partial charge on any atom is 0.259 e. The average molecular weight is 486 g/mol. The zero-order chi connectivity index (χ0) is 23.1. The van der Waals surface area contributed by atoms with Crippen molar-refractivity contribution in [1.29, 1.82) is 0 Å². The smallest absolute Gasteiger partial charge is 0.259 e. The van der Waals surface area contributed by atoms with Gasteiger partial charge < -0.3 is 35.0 Å². The van der Waals surface area contributed by atoms with E-state index in [0.717, 1.165) is 33.3 Å². The molecule has 9 heteroatoms. The van der Waals surface area contributed by atoms with Crippen LogP contribution in [0.1, 0.15) is 24.0 Å². The fourth-order valence-electron chi connectivity index (χ4n) is 4.72. The van der Waals surface area contributed by atoms with E-state index in [1.165, 1.54) is 0 Å². The molecule has 1 aliphatic carbocycles. The van der Waals surface area contributed by atoms with Crippen LogP contribution >= 0.6 is 12.4 Å². The molecule has 180 valence electrons. The lowest BCUT2D eigenvalue weighted by Gasteiger charge is -2.17. The lowest BCUT2D eigenvalue weighted by atomic mass is 9.97. The summed E-state index contributed by atoms with van der Waals surface area (Å²) in [5.41, 5.74) is 16.3. The topological polar surface area (TPSA) is 111 Å². The zero-order valence-electron chi connectivity index (χ0n) is 19.2. The van der Waals surface area contributed by atoms with Crippen molar-refractivity contribution in [2.45, 2.75) is 19.4 Å². The number of nitrogens with two attached hydrogens (primary N) is 2. The Kier molecular flexibility index (Phi) is 6.74. The molecule has 0 radical (unpaired) electrons. The number of methoxy groups -OCH3 is 2. The molecule has 1 aliphatic heterocycles. The number of aromatic nitrogens is 1. The minimum absolute atomic E-state index is 0. The van der Waals surface area contributed by atoms with E-state index in [9.17, 15) is 4.79 Å². The third kappa shape index (κ3) is 3.58. The lowest BCUT2D eigenvalue weighted by molar-refractivity contribution is 0.174. The van der Waals surface area contributed by atoms with Crippen LogP contribution in [-0.4, -0.2) is 38.7 Å². The van der Waals surface area contributed by atoms with E-state index in [1.807, 2.05) is 22.8 Å². The first kappa shape index (κ1) is 23.9. The van der Waals surface area contributed by atoms with E-state index in [2.05, 4.69) is 6.08 Å². The molecule has 0 fully saturated rings. The minimum Gasteiger partial charge on any atom is -0.493 e. The van der Waals surface area contributed by atoms with Gasteiger partial charge in [-0.1, -0.05) is 6.08 Å². The van der Waals surface area contributed by atoms with Crippen molar-refractivity contribution < 1.29 is 18.9 Å². The number of hydrogen-bond donors (Lipinski definition) is 2. The number of rotatable bonds is 7. The number of benzene rings is 2. The summed E-state index contributed by atoms with van der Waals surface area (Å²) in [5, 5.41) is 1.37. The Bertz CT molecular complexity index is 1350. The molecule has 0 bridgehead atoms. The van der Waals surface area contributed by atoms with Crippen molar-refractivity contribution in [3.8, 4) is 34.3 Å². The van der Waals surface area contributed by atoms with Gasteiger partial charge >= 0.3 is 0 Å². The van der Waals surface area contributed by atoms with Crippen LogP contribution in [0.25, 0.3) is 27.6 Å². The predicted octanol–water partition coefficient (Wildman–Crippen LogP) is 3.28. The molecule has 3 aromatic rings. The third-order valence-corrected chi connectivity index (χ3v) is 6.20. The summed E-state index contributed by atoms with van der Waals surface area (Å²) >= 11 is 0.